The quantitative estimate of drug-likeness (QED) is 0.930. The first-order valence-corrected chi connectivity index (χ1v) is 6.97. The summed E-state index contributed by atoms with van der Waals surface area (Å²) in [5.41, 5.74) is 4.30. The Labute approximate surface area is 119 Å². The van der Waals surface area contributed by atoms with E-state index in [1.54, 1.807) is 7.11 Å². The molecule has 2 aromatic rings. The molecule has 0 aliphatic heterocycles. The minimum absolute atomic E-state index is 0.0963. The van der Waals surface area contributed by atoms with Crippen LogP contribution in [0.25, 0.3) is 0 Å². The van der Waals surface area contributed by atoms with Crippen LogP contribution in [0.2, 0.25) is 0 Å². The molecule has 2 atom stereocenters. The van der Waals surface area contributed by atoms with Crippen LogP contribution in [0.3, 0.4) is 0 Å². The lowest BCUT2D eigenvalue weighted by Gasteiger charge is -2.19. The zero-order valence-electron chi connectivity index (χ0n) is 11.8. The Hall–Kier alpha value is -1.87. The number of fused-ring (bicyclic) bond motifs is 1. The fraction of sp³-hybridized carbons (Fsp3) is 0.353. The Morgan fingerprint density at radius 2 is 2.20 bits per heavy atom. The van der Waals surface area contributed by atoms with Gasteiger partial charge in [-0.15, -0.1) is 0 Å². The van der Waals surface area contributed by atoms with Gasteiger partial charge in [0.15, 0.2) is 0 Å². The first-order chi connectivity index (χ1) is 9.70. The van der Waals surface area contributed by atoms with Crippen LogP contribution in [-0.2, 0) is 6.42 Å². The normalized spacial score (nSPS) is 18.6. The Kier molecular flexibility index (Phi) is 3.45. The van der Waals surface area contributed by atoms with E-state index < -0.39 is 6.10 Å². The van der Waals surface area contributed by atoms with E-state index in [0.29, 0.717) is 0 Å². The van der Waals surface area contributed by atoms with E-state index in [9.17, 15) is 5.11 Å². The molecule has 1 heterocycles. The highest BCUT2D eigenvalue weighted by Gasteiger charge is 2.30. The number of benzene rings is 1. The number of aliphatic hydroxyl groups excluding tert-OH is 1. The van der Waals surface area contributed by atoms with Crippen molar-refractivity contribution in [1.29, 1.82) is 0 Å². The van der Waals surface area contributed by atoms with Gasteiger partial charge in [0.2, 0.25) is 0 Å². The molecule has 0 saturated carbocycles. The molecule has 0 spiro atoms. The number of methoxy groups -OCH3 is 1. The van der Waals surface area contributed by atoms with Gasteiger partial charge in [0.1, 0.15) is 5.75 Å². The van der Waals surface area contributed by atoms with Crippen molar-refractivity contribution in [2.45, 2.75) is 31.8 Å². The van der Waals surface area contributed by atoms with Gasteiger partial charge in [0.05, 0.1) is 13.2 Å². The molecule has 1 aromatic heterocycles. The van der Waals surface area contributed by atoms with Crippen molar-refractivity contribution in [3.05, 3.63) is 58.9 Å². The average Bonchev–Trinajstić information content (AvgIpc) is 2.90. The van der Waals surface area contributed by atoms with Crippen LogP contribution in [0.15, 0.2) is 36.5 Å². The number of aliphatic hydroxyl groups is 1. The van der Waals surface area contributed by atoms with Gasteiger partial charge >= 0.3 is 0 Å². The second-order valence-corrected chi connectivity index (χ2v) is 5.37. The highest BCUT2D eigenvalue weighted by molar-refractivity contribution is 5.39. The van der Waals surface area contributed by atoms with E-state index in [0.717, 1.165) is 35.4 Å². The molecule has 1 aromatic carbocycles. The molecule has 2 unspecified atom stereocenters. The second kappa shape index (κ2) is 5.25. The first-order valence-electron chi connectivity index (χ1n) is 6.97. The summed E-state index contributed by atoms with van der Waals surface area (Å²) in [6, 6.07) is 9.93. The zero-order chi connectivity index (χ0) is 14.1. The molecule has 3 nitrogen and oxygen atoms in total. The molecule has 3 heteroatoms. The molecule has 1 aliphatic rings. The summed E-state index contributed by atoms with van der Waals surface area (Å²) in [6.07, 6.45) is 3.26. The lowest BCUT2D eigenvalue weighted by molar-refractivity contribution is 0.143. The third-order valence-corrected chi connectivity index (χ3v) is 4.14. The molecule has 1 N–H and O–H groups in total. The van der Waals surface area contributed by atoms with Crippen LogP contribution >= 0.6 is 0 Å². The third-order valence-electron chi connectivity index (χ3n) is 4.14. The second-order valence-electron chi connectivity index (χ2n) is 5.37. The highest BCUT2D eigenvalue weighted by atomic mass is 16.5. The number of ether oxygens (including phenoxy) is 1. The predicted octanol–water partition coefficient (Wildman–Crippen LogP) is 3.16. The van der Waals surface area contributed by atoms with Crippen LogP contribution < -0.4 is 4.74 Å². The summed E-state index contributed by atoms with van der Waals surface area (Å²) in [5, 5.41) is 10.7. The fourth-order valence-corrected chi connectivity index (χ4v) is 3.07. The molecule has 20 heavy (non-hydrogen) atoms. The summed E-state index contributed by atoms with van der Waals surface area (Å²) >= 11 is 0. The molecule has 0 saturated heterocycles. The number of hydrogen-bond acceptors (Lipinski definition) is 3. The molecule has 104 valence electrons. The Morgan fingerprint density at radius 3 is 2.95 bits per heavy atom. The van der Waals surface area contributed by atoms with Gasteiger partial charge in [-0.05, 0) is 54.7 Å². The lowest BCUT2D eigenvalue weighted by atomic mass is 9.92. The van der Waals surface area contributed by atoms with Crippen molar-refractivity contribution in [3.8, 4) is 5.75 Å². The van der Waals surface area contributed by atoms with Crippen molar-refractivity contribution in [3.63, 3.8) is 0 Å². The van der Waals surface area contributed by atoms with Gasteiger partial charge in [0, 0.05) is 17.8 Å². The highest BCUT2D eigenvalue weighted by Crippen LogP contribution is 2.40. The number of pyridine rings is 1. The fourth-order valence-electron chi connectivity index (χ4n) is 3.07. The topological polar surface area (TPSA) is 42.4 Å². The van der Waals surface area contributed by atoms with E-state index in [-0.39, 0.29) is 5.92 Å². The van der Waals surface area contributed by atoms with Gasteiger partial charge in [0.25, 0.3) is 0 Å². The number of aromatic nitrogens is 1. The Morgan fingerprint density at radius 1 is 1.35 bits per heavy atom. The standard InChI is InChI=1S/C17H19NO2/c1-11-10-13(6-8-15(11)20-2)17(19)14-7-5-12-4-3-9-18-16(12)14/h3-4,6,8-10,14,17,19H,5,7H2,1-2H3. The summed E-state index contributed by atoms with van der Waals surface area (Å²) in [6.45, 7) is 2.00. The van der Waals surface area contributed by atoms with Gasteiger partial charge in [-0.3, -0.25) is 4.98 Å². The zero-order valence-corrected chi connectivity index (χ0v) is 11.8. The van der Waals surface area contributed by atoms with E-state index in [1.807, 2.05) is 37.4 Å². The molecule has 0 amide bonds. The molecule has 0 radical (unpaired) electrons. The molecule has 3 rings (SSSR count). The number of hydrogen-bond donors (Lipinski definition) is 1. The maximum absolute atomic E-state index is 10.7. The molecule has 0 fully saturated rings. The lowest BCUT2D eigenvalue weighted by Crippen LogP contribution is -2.09. The van der Waals surface area contributed by atoms with Crippen LogP contribution in [0.4, 0.5) is 0 Å². The van der Waals surface area contributed by atoms with E-state index in [1.165, 1.54) is 5.56 Å². The first kappa shape index (κ1) is 13.1. The smallest absolute Gasteiger partial charge is 0.121 e. The average molecular weight is 269 g/mol. The summed E-state index contributed by atoms with van der Waals surface area (Å²) in [7, 11) is 1.66. The summed E-state index contributed by atoms with van der Waals surface area (Å²) in [4.78, 5) is 4.46. The van der Waals surface area contributed by atoms with Crippen molar-refractivity contribution < 1.29 is 9.84 Å². The van der Waals surface area contributed by atoms with Crippen molar-refractivity contribution in [2.24, 2.45) is 0 Å². The molecular weight excluding hydrogens is 250 g/mol. The summed E-state index contributed by atoms with van der Waals surface area (Å²) < 4.78 is 5.27. The van der Waals surface area contributed by atoms with E-state index >= 15 is 0 Å². The van der Waals surface area contributed by atoms with Crippen LogP contribution in [-0.4, -0.2) is 17.2 Å². The minimum atomic E-state index is -0.504. The van der Waals surface area contributed by atoms with Crippen LogP contribution in [0, 0.1) is 6.92 Å². The number of nitrogens with zero attached hydrogens (tertiary/aromatic N) is 1. The number of aryl methyl sites for hydroxylation is 2. The largest absolute Gasteiger partial charge is 0.496 e. The van der Waals surface area contributed by atoms with Gasteiger partial charge in [-0.1, -0.05) is 12.1 Å². The molecule has 0 bridgehead atoms. The maximum atomic E-state index is 10.7. The minimum Gasteiger partial charge on any atom is -0.496 e. The number of rotatable bonds is 3. The van der Waals surface area contributed by atoms with E-state index in [4.69, 9.17) is 4.74 Å². The van der Waals surface area contributed by atoms with Crippen molar-refractivity contribution in [2.75, 3.05) is 7.11 Å². The van der Waals surface area contributed by atoms with Gasteiger partial charge < -0.3 is 9.84 Å². The monoisotopic (exact) mass is 269 g/mol. The Bertz CT molecular complexity index is 624. The molecule has 1 aliphatic carbocycles. The summed E-state index contributed by atoms with van der Waals surface area (Å²) in [5.74, 6) is 0.949. The van der Waals surface area contributed by atoms with Crippen LogP contribution in [0.5, 0.6) is 5.75 Å². The molecular formula is C17H19NO2. The predicted molar refractivity (Wildman–Crippen MR) is 78.0 cm³/mol. The third kappa shape index (κ3) is 2.18. The Balaban J connectivity index is 1.90. The van der Waals surface area contributed by atoms with Crippen molar-refractivity contribution >= 4 is 0 Å². The van der Waals surface area contributed by atoms with Gasteiger partial charge in [-0.2, -0.15) is 0 Å². The SMILES string of the molecule is COc1ccc(C(O)C2CCc3cccnc32)cc1C. The van der Waals surface area contributed by atoms with Gasteiger partial charge in [-0.25, -0.2) is 0 Å². The maximum Gasteiger partial charge on any atom is 0.121 e. The van der Waals surface area contributed by atoms with Crippen LogP contribution in [0.1, 0.15) is 40.8 Å². The van der Waals surface area contributed by atoms with E-state index in [2.05, 4.69) is 11.1 Å². The van der Waals surface area contributed by atoms with Crippen molar-refractivity contribution in [1.82, 2.24) is 4.98 Å².